The fourth-order valence-corrected chi connectivity index (χ4v) is 2.15. The van der Waals surface area contributed by atoms with E-state index >= 15 is 0 Å². The van der Waals surface area contributed by atoms with Crippen LogP contribution in [0.2, 0.25) is 0 Å². The molecule has 4 nitrogen and oxygen atoms in total. The Kier molecular flexibility index (Phi) is 4.06. The molecule has 2 rings (SSSR count). The maximum absolute atomic E-state index is 8.91. The topological polar surface area (TPSA) is 65.1 Å². The molecule has 0 aliphatic heterocycles. The van der Waals surface area contributed by atoms with Crippen LogP contribution in [0, 0.1) is 11.3 Å². The van der Waals surface area contributed by atoms with Crippen molar-refractivity contribution in [1.29, 1.82) is 5.26 Å². The first-order valence-corrected chi connectivity index (χ1v) is 6.52. The maximum atomic E-state index is 8.91. The Morgan fingerprint density at radius 2 is 2.28 bits per heavy atom. The molecule has 1 saturated carbocycles. The second-order valence-corrected chi connectivity index (χ2v) is 4.70. The lowest BCUT2D eigenvalue weighted by molar-refractivity contribution is 0.289. The molecule has 3 N–H and O–H groups in total. The number of nitrogens with two attached hydrogens (primary N) is 1. The van der Waals surface area contributed by atoms with Crippen molar-refractivity contribution in [3.05, 3.63) is 23.8 Å². The van der Waals surface area contributed by atoms with E-state index in [4.69, 9.17) is 11.0 Å². The summed E-state index contributed by atoms with van der Waals surface area (Å²) in [6.07, 6.45) is 2.68. The van der Waals surface area contributed by atoms with Crippen molar-refractivity contribution in [2.45, 2.75) is 25.8 Å². The number of hydrogen-bond acceptors (Lipinski definition) is 4. The number of nitrogen functional groups attached to an aromatic ring is 1. The minimum Gasteiger partial charge on any atom is -0.398 e. The van der Waals surface area contributed by atoms with E-state index in [0.717, 1.165) is 31.4 Å². The van der Waals surface area contributed by atoms with E-state index in [2.05, 4.69) is 23.2 Å². The molecule has 96 valence electrons. The standard InChI is InChI=1S/C14H20N4/c1-2-18(13-4-5-13)8-7-17-12-3-6-14(16)11(9-12)10-15/h3,6,9,13,17H,2,4-5,7-8,16H2,1H3. The maximum Gasteiger partial charge on any atom is 0.101 e. The van der Waals surface area contributed by atoms with Crippen molar-refractivity contribution in [3.8, 4) is 6.07 Å². The second-order valence-electron chi connectivity index (χ2n) is 4.70. The van der Waals surface area contributed by atoms with Gasteiger partial charge in [-0.05, 0) is 37.6 Å². The van der Waals surface area contributed by atoms with Crippen LogP contribution in [0.4, 0.5) is 11.4 Å². The van der Waals surface area contributed by atoms with Crippen LogP contribution in [-0.4, -0.2) is 30.6 Å². The highest BCUT2D eigenvalue weighted by Gasteiger charge is 2.26. The molecule has 0 saturated heterocycles. The molecule has 18 heavy (non-hydrogen) atoms. The minimum absolute atomic E-state index is 0.537. The number of nitrogens with zero attached hydrogens (tertiary/aromatic N) is 2. The van der Waals surface area contributed by atoms with Crippen LogP contribution in [0.15, 0.2) is 18.2 Å². The SMILES string of the molecule is CCN(CCNc1ccc(N)c(C#N)c1)C1CC1. The Labute approximate surface area is 108 Å². The van der Waals surface area contributed by atoms with Crippen LogP contribution in [0.5, 0.6) is 0 Å². The van der Waals surface area contributed by atoms with Crippen molar-refractivity contribution >= 4 is 11.4 Å². The van der Waals surface area contributed by atoms with Crippen molar-refractivity contribution in [2.24, 2.45) is 0 Å². The zero-order valence-corrected chi connectivity index (χ0v) is 10.8. The van der Waals surface area contributed by atoms with Gasteiger partial charge in [-0.25, -0.2) is 0 Å². The van der Waals surface area contributed by atoms with E-state index < -0.39 is 0 Å². The van der Waals surface area contributed by atoms with Gasteiger partial charge in [-0.2, -0.15) is 5.26 Å². The zero-order valence-electron chi connectivity index (χ0n) is 10.8. The monoisotopic (exact) mass is 244 g/mol. The molecule has 4 heteroatoms. The largest absolute Gasteiger partial charge is 0.398 e. The summed E-state index contributed by atoms with van der Waals surface area (Å²) in [5.74, 6) is 0. The van der Waals surface area contributed by atoms with Gasteiger partial charge in [0.1, 0.15) is 6.07 Å². The van der Waals surface area contributed by atoms with Gasteiger partial charge in [0.05, 0.1) is 5.56 Å². The number of benzene rings is 1. The second kappa shape index (κ2) is 5.74. The Balaban J connectivity index is 1.84. The van der Waals surface area contributed by atoms with Crippen LogP contribution < -0.4 is 11.1 Å². The molecule has 1 aromatic carbocycles. The molecular formula is C14H20N4. The average molecular weight is 244 g/mol. The molecule has 1 aromatic rings. The average Bonchev–Trinajstić information content (AvgIpc) is 3.21. The van der Waals surface area contributed by atoms with E-state index in [9.17, 15) is 0 Å². The highest BCUT2D eigenvalue weighted by molar-refractivity contribution is 5.61. The smallest absolute Gasteiger partial charge is 0.101 e. The molecule has 0 radical (unpaired) electrons. The van der Waals surface area contributed by atoms with Crippen LogP contribution in [0.1, 0.15) is 25.3 Å². The third-order valence-electron chi connectivity index (χ3n) is 3.37. The molecule has 1 fully saturated rings. The summed E-state index contributed by atoms with van der Waals surface area (Å²) in [5.41, 5.74) is 7.73. The predicted octanol–water partition coefficient (Wildman–Crippen LogP) is 2.04. The fourth-order valence-electron chi connectivity index (χ4n) is 2.15. The Morgan fingerprint density at radius 1 is 1.50 bits per heavy atom. The third-order valence-corrected chi connectivity index (χ3v) is 3.37. The summed E-state index contributed by atoms with van der Waals surface area (Å²) in [6.45, 7) is 5.26. The predicted molar refractivity (Wildman–Crippen MR) is 74.3 cm³/mol. The van der Waals surface area contributed by atoms with Gasteiger partial charge < -0.3 is 11.1 Å². The summed E-state index contributed by atoms with van der Waals surface area (Å²) >= 11 is 0. The minimum atomic E-state index is 0.537. The third kappa shape index (κ3) is 3.14. The van der Waals surface area contributed by atoms with E-state index in [0.29, 0.717) is 11.3 Å². The molecule has 0 unspecified atom stereocenters. The van der Waals surface area contributed by atoms with E-state index in [1.54, 1.807) is 6.07 Å². The molecule has 0 bridgehead atoms. The van der Waals surface area contributed by atoms with Gasteiger partial charge in [0.2, 0.25) is 0 Å². The molecule has 0 atom stereocenters. The van der Waals surface area contributed by atoms with Crippen LogP contribution in [-0.2, 0) is 0 Å². The number of rotatable bonds is 6. The van der Waals surface area contributed by atoms with Gasteiger partial charge >= 0.3 is 0 Å². The first-order chi connectivity index (χ1) is 8.74. The summed E-state index contributed by atoms with van der Waals surface area (Å²) in [7, 11) is 0. The zero-order chi connectivity index (χ0) is 13.0. The highest BCUT2D eigenvalue weighted by Crippen LogP contribution is 2.26. The first kappa shape index (κ1) is 12.7. The van der Waals surface area contributed by atoms with E-state index in [-0.39, 0.29) is 0 Å². The highest BCUT2D eigenvalue weighted by atomic mass is 15.2. The lowest BCUT2D eigenvalue weighted by atomic mass is 10.2. The first-order valence-electron chi connectivity index (χ1n) is 6.52. The number of nitriles is 1. The molecular weight excluding hydrogens is 224 g/mol. The van der Waals surface area contributed by atoms with Gasteiger partial charge in [0, 0.05) is 30.5 Å². The van der Waals surface area contributed by atoms with Crippen molar-refractivity contribution in [1.82, 2.24) is 4.90 Å². The van der Waals surface area contributed by atoms with E-state index in [1.807, 2.05) is 12.1 Å². The summed E-state index contributed by atoms with van der Waals surface area (Å²) in [4.78, 5) is 2.50. The molecule has 0 spiro atoms. The number of likely N-dealkylation sites (N-methyl/N-ethyl adjacent to an activating group) is 1. The number of anilines is 2. The lowest BCUT2D eigenvalue weighted by Gasteiger charge is -2.20. The Bertz CT molecular complexity index is 446. The van der Waals surface area contributed by atoms with Gasteiger partial charge in [-0.15, -0.1) is 0 Å². The normalized spacial score (nSPS) is 14.5. The van der Waals surface area contributed by atoms with Gasteiger partial charge in [0.25, 0.3) is 0 Å². The molecule has 0 amide bonds. The molecule has 1 aliphatic rings. The van der Waals surface area contributed by atoms with E-state index in [1.165, 1.54) is 12.8 Å². The molecule has 1 aliphatic carbocycles. The quantitative estimate of drug-likeness (QED) is 0.752. The van der Waals surface area contributed by atoms with Crippen molar-refractivity contribution in [2.75, 3.05) is 30.7 Å². The Hall–Kier alpha value is -1.73. The summed E-state index contributed by atoms with van der Waals surface area (Å²) in [5, 5.41) is 12.3. The number of hydrogen-bond donors (Lipinski definition) is 2. The van der Waals surface area contributed by atoms with Gasteiger partial charge in [0.15, 0.2) is 0 Å². The van der Waals surface area contributed by atoms with Crippen molar-refractivity contribution < 1.29 is 0 Å². The molecule has 0 heterocycles. The van der Waals surface area contributed by atoms with Crippen LogP contribution in [0.25, 0.3) is 0 Å². The summed E-state index contributed by atoms with van der Waals surface area (Å²) in [6, 6.07) is 8.41. The number of nitrogens with one attached hydrogen (secondary N) is 1. The molecule has 0 aromatic heterocycles. The van der Waals surface area contributed by atoms with Gasteiger partial charge in [-0.3, -0.25) is 4.90 Å². The van der Waals surface area contributed by atoms with Crippen LogP contribution in [0.3, 0.4) is 0 Å². The fraction of sp³-hybridized carbons (Fsp3) is 0.500. The lowest BCUT2D eigenvalue weighted by Crippen LogP contribution is -2.30. The Morgan fingerprint density at radius 3 is 2.89 bits per heavy atom. The van der Waals surface area contributed by atoms with Crippen LogP contribution >= 0.6 is 0 Å². The van der Waals surface area contributed by atoms with Gasteiger partial charge in [-0.1, -0.05) is 6.92 Å². The van der Waals surface area contributed by atoms with Crippen molar-refractivity contribution in [3.63, 3.8) is 0 Å². The summed E-state index contributed by atoms with van der Waals surface area (Å²) < 4.78 is 0.